The van der Waals surface area contributed by atoms with Gasteiger partial charge in [0.1, 0.15) is 12.4 Å². The van der Waals surface area contributed by atoms with Crippen LogP contribution in [-0.4, -0.2) is 20.3 Å². The van der Waals surface area contributed by atoms with Crippen LogP contribution in [-0.2, 0) is 4.74 Å². The van der Waals surface area contributed by atoms with E-state index in [2.05, 4.69) is 0 Å². The first-order chi connectivity index (χ1) is 6.85. The highest BCUT2D eigenvalue weighted by atomic mass is 16.5. The van der Waals surface area contributed by atoms with E-state index in [0.717, 1.165) is 16.5 Å². The second-order valence-corrected chi connectivity index (χ2v) is 3.19. The highest BCUT2D eigenvalue weighted by Gasteiger charge is 2.03. The zero-order valence-electron chi connectivity index (χ0n) is 8.12. The molecule has 0 saturated carbocycles. The van der Waals surface area contributed by atoms with Gasteiger partial charge in [0.2, 0.25) is 0 Å². The lowest BCUT2D eigenvalue weighted by Crippen LogP contribution is -2.34. The van der Waals surface area contributed by atoms with Crippen LogP contribution in [0.1, 0.15) is 0 Å². The van der Waals surface area contributed by atoms with Crippen LogP contribution in [0.3, 0.4) is 0 Å². The summed E-state index contributed by atoms with van der Waals surface area (Å²) >= 11 is 0. The van der Waals surface area contributed by atoms with E-state index in [4.69, 9.17) is 15.2 Å². The maximum absolute atomic E-state index is 5.63. The maximum atomic E-state index is 5.63. The fourth-order valence-electron chi connectivity index (χ4n) is 1.57. The van der Waals surface area contributed by atoms with E-state index in [1.165, 1.54) is 5.22 Å². The first-order valence-corrected chi connectivity index (χ1v) is 4.53. The molecule has 0 fully saturated rings. The van der Waals surface area contributed by atoms with Crippen LogP contribution in [0.15, 0.2) is 18.2 Å². The summed E-state index contributed by atoms with van der Waals surface area (Å²) in [6, 6.07) is 5.91. The number of rotatable bonds is 2. The number of hydrogen-bond donors (Lipinski definition) is 1. The van der Waals surface area contributed by atoms with E-state index >= 15 is 0 Å². The summed E-state index contributed by atoms with van der Waals surface area (Å²) in [6.45, 7) is 1.13. The Hall–Kier alpha value is -1.48. The predicted octanol–water partition coefficient (Wildman–Crippen LogP) is -0.427. The molecule has 74 valence electrons. The zero-order chi connectivity index (χ0) is 9.97. The average molecular weight is 191 g/mol. The van der Waals surface area contributed by atoms with Crippen molar-refractivity contribution in [1.82, 2.24) is 0 Å². The molecule has 2 rings (SSSR count). The lowest BCUT2D eigenvalue weighted by Gasteiger charge is -2.11. The van der Waals surface area contributed by atoms with Crippen molar-refractivity contribution in [2.75, 3.05) is 20.3 Å². The lowest BCUT2D eigenvalue weighted by molar-refractivity contribution is 0.337. The Morgan fingerprint density at radius 3 is 3.07 bits per heavy atom. The van der Waals surface area contributed by atoms with Crippen molar-refractivity contribution in [3.8, 4) is 5.75 Å². The third-order valence-corrected chi connectivity index (χ3v) is 2.35. The van der Waals surface area contributed by atoms with Crippen molar-refractivity contribution in [3.05, 3.63) is 28.6 Å². The molecule has 1 heterocycles. The van der Waals surface area contributed by atoms with Crippen molar-refractivity contribution in [3.63, 3.8) is 0 Å². The Morgan fingerprint density at radius 1 is 1.50 bits per heavy atom. The van der Waals surface area contributed by atoms with Crippen LogP contribution in [0.25, 0.3) is 11.8 Å². The van der Waals surface area contributed by atoms with Crippen LogP contribution in [0, 0.1) is 0 Å². The summed E-state index contributed by atoms with van der Waals surface area (Å²) in [5, 5.41) is 2.20. The third-order valence-electron chi connectivity index (χ3n) is 2.35. The molecule has 0 atom stereocenters. The topological polar surface area (TPSA) is 44.5 Å². The monoisotopic (exact) mass is 191 g/mol. The maximum Gasteiger partial charge on any atom is 0.119 e. The van der Waals surface area contributed by atoms with Gasteiger partial charge in [-0.15, -0.1) is 0 Å². The smallest absolute Gasteiger partial charge is 0.119 e. The molecular formula is C11H13NO2. The molecule has 0 unspecified atom stereocenters. The van der Waals surface area contributed by atoms with E-state index in [1.807, 2.05) is 18.2 Å². The molecule has 0 bridgehead atoms. The first kappa shape index (κ1) is 9.09. The highest BCUT2D eigenvalue weighted by Crippen LogP contribution is 2.04. The molecule has 0 aliphatic carbocycles. The number of fused-ring (bicyclic) bond motifs is 1. The third kappa shape index (κ3) is 1.46. The number of nitrogens with two attached hydrogens (primary N) is 1. The molecule has 0 radical (unpaired) electrons. The second kappa shape index (κ2) is 3.72. The Labute approximate surface area is 82.4 Å². The van der Waals surface area contributed by atoms with Gasteiger partial charge < -0.3 is 15.2 Å². The molecule has 0 saturated heterocycles. The summed E-state index contributed by atoms with van der Waals surface area (Å²) < 4.78 is 10.4. The summed E-state index contributed by atoms with van der Waals surface area (Å²) in [6.07, 6.45) is 1.75. The van der Waals surface area contributed by atoms with Gasteiger partial charge in [-0.1, -0.05) is 6.07 Å². The normalized spacial score (nSPS) is 14.0. The first-order valence-electron chi connectivity index (χ1n) is 4.53. The standard InChI is InChI=1S/C11H13NO2/c1-13-10-2-3-11-8(4-10)6-14-7-9(11)5-12/h2-4,6H,5,7,12H2,1H3. The number of hydrogen-bond acceptors (Lipinski definition) is 3. The summed E-state index contributed by atoms with van der Waals surface area (Å²) in [5.41, 5.74) is 6.76. The van der Waals surface area contributed by atoms with Gasteiger partial charge in [-0.05, 0) is 22.9 Å². The van der Waals surface area contributed by atoms with E-state index < -0.39 is 0 Å². The number of ether oxygens (including phenoxy) is 2. The van der Waals surface area contributed by atoms with E-state index in [1.54, 1.807) is 13.4 Å². The van der Waals surface area contributed by atoms with Crippen LogP contribution in [0.5, 0.6) is 5.75 Å². The van der Waals surface area contributed by atoms with Crippen molar-refractivity contribution in [1.29, 1.82) is 0 Å². The Balaban J connectivity index is 2.67. The number of benzene rings is 1. The largest absolute Gasteiger partial charge is 0.497 e. The van der Waals surface area contributed by atoms with Crippen LogP contribution in [0.2, 0.25) is 0 Å². The number of methoxy groups -OCH3 is 1. The van der Waals surface area contributed by atoms with E-state index in [9.17, 15) is 0 Å². The summed E-state index contributed by atoms with van der Waals surface area (Å²) in [4.78, 5) is 0. The predicted molar refractivity (Wildman–Crippen MR) is 55.1 cm³/mol. The van der Waals surface area contributed by atoms with Crippen molar-refractivity contribution in [2.24, 2.45) is 5.73 Å². The van der Waals surface area contributed by atoms with Gasteiger partial charge in [0.25, 0.3) is 0 Å². The van der Waals surface area contributed by atoms with E-state index in [-0.39, 0.29) is 0 Å². The average Bonchev–Trinajstić information content (AvgIpc) is 2.27. The zero-order valence-corrected chi connectivity index (χ0v) is 8.12. The minimum absolute atomic E-state index is 0.535. The molecule has 0 amide bonds. The molecule has 3 nitrogen and oxygen atoms in total. The van der Waals surface area contributed by atoms with Gasteiger partial charge in [0.15, 0.2) is 0 Å². The molecular weight excluding hydrogens is 178 g/mol. The molecule has 3 heteroatoms. The molecule has 1 aromatic carbocycles. The molecule has 2 N–H and O–H groups in total. The Bertz CT molecular complexity index is 451. The molecule has 1 aliphatic heterocycles. The Morgan fingerprint density at radius 2 is 2.36 bits per heavy atom. The van der Waals surface area contributed by atoms with Gasteiger partial charge >= 0.3 is 0 Å². The van der Waals surface area contributed by atoms with Gasteiger partial charge in [-0.2, -0.15) is 0 Å². The fraction of sp³-hybridized carbons (Fsp3) is 0.273. The molecule has 1 aromatic rings. The van der Waals surface area contributed by atoms with Crippen LogP contribution in [0.4, 0.5) is 0 Å². The SMILES string of the molecule is COc1ccc2c(c1)=COCC=2CN. The quantitative estimate of drug-likeness (QED) is 0.690. The summed E-state index contributed by atoms with van der Waals surface area (Å²) in [5.74, 6) is 0.835. The van der Waals surface area contributed by atoms with Gasteiger partial charge in [-0.25, -0.2) is 0 Å². The molecule has 14 heavy (non-hydrogen) atoms. The van der Waals surface area contributed by atoms with Gasteiger partial charge in [-0.3, -0.25) is 0 Å². The minimum atomic E-state index is 0.535. The van der Waals surface area contributed by atoms with Crippen molar-refractivity contribution < 1.29 is 9.47 Å². The van der Waals surface area contributed by atoms with Crippen molar-refractivity contribution in [2.45, 2.75) is 0 Å². The van der Waals surface area contributed by atoms with Gasteiger partial charge in [0, 0.05) is 11.8 Å². The van der Waals surface area contributed by atoms with Gasteiger partial charge in [0.05, 0.1) is 13.4 Å². The lowest BCUT2D eigenvalue weighted by atomic mass is 10.1. The van der Waals surface area contributed by atoms with E-state index in [0.29, 0.717) is 13.2 Å². The highest BCUT2D eigenvalue weighted by molar-refractivity contribution is 5.51. The van der Waals surface area contributed by atoms with Crippen molar-refractivity contribution >= 4 is 11.8 Å². The fourth-order valence-corrected chi connectivity index (χ4v) is 1.57. The minimum Gasteiger partial charge on any atom is -0.497 e. The Kier molecular flexibility index (Phi) is 2.41. The summed E-state index contributed by atoms with van der Waals surface area (Å²) in [7, 11) is 1.65. The van der Waals surface area contributed by atoms with Crippen LogP contribution >= 0.6 is 0 Å². The molecule has 0 spiro atoms. The molecule has 0 aromatic heterocycles. The molecule has 1 aliphatic rings. The van der Waals surface area contributed by atoms with Crippen LogP contribution < -0.4 is 20.9 Å². The second-order valence-electron chi connectivity index (χ2n) is 3.19.